The van der Waals surface area contributed by atoms with Gasteiger partial charge in [0.1, 0.15) is 6.04 Å². The highest BCUT2D eigenvalue weighted by Gasteiger charge is 2.73. The van der Waals surface area contributed by atoms with Gasteiger partial charge in [0, 0.05) is 45.0 Å². The van der Waals surface area contributed by atoms with Crippen molar-refractivity contribution in [2.75, 3.05) is 59.6 Å². The van der Waals surface area contributed by atoms with E-state index in [-0.39, 0.29) is 36.1 Å². The van der Waals surface area contributed by atoms with E-state index in [1.54, 1.807) is 18.8 Å². The van der Waals surface area contributed by atoms with Crippen LogP contribution in [0.3, 0.4) is 0 Å². The summed E-state index contributed by atoms with van der Waals surface area (Å²) in [4.78, 5) is 42.8. The molecule has 162 valence electrons. The zero-order valence-corrected chi connectivity index (χ0v) is 17.6. The van der Waals surface area contributed by atoms with Crippen molar-refractivity contribution in [3.8, 4) is 0 Å². The fourth-order valence-corrected chi connectivity index (χ4v) is 7.75. The van der Waals surface area contributed by atoms with Gasteiger partial charge in [0.15, 0.2) is 0 Å². The number of aliphatic hydroxyl groups is 1. The quantitative estimate of drug-likeness (QED) is 0.443. The van der Waals surface area contributed by atoms with Gasteiger partial charge in [-0.3, -0.25) is 19.3 Å². The molecule has 29 heavy (non-hydrogen) atoms. The van der Waals surface area contributed by atoms with Crippen LogP contribution in [0.4, 0.5) is 0 Å². The Morgan fingerprint density at radius 1 is 1.28 bits per heavy atom. The summed E-state index contributed by atoms with van der Waals surface area (Å²) in [5.74, 6) is -1.37. The zero-order chi connectivity index (χ0) is 20.6. The molecule has 0 radical (unpaired) electrons. The van der Waals surface area contributed by atoms with Crippen molar-refractivity contribution in [3.05, 3.63) is 0 Å². The molecule has 4 fully saturated rings. The third-order valence-electron chi connectivity index (χ3n) is 6.77. The predicted molar refractivity (Wildman–Crippen MR) is 107 cm³/mol. The number of thioether (sulfide) groups is 1. The Bertz CT molecular complexity index is 673. The number of rotatable bonds is 7. The number of hydrogen-bond donors (Lipinski definition) is 3. The Morgan fingerprint density at radius 3 is 2.72 bits per heavy atom. The number of fused-ring (bicyclic) bond motifs is 1. The van der Waals surface area contributed by atoms with Gasteiger partial charge in [-0.25, -0.2) is 0 Å². The molecular weight excluding hydrogens is 396 g/mol. The number of hydrogen-bond acceptors (Lipinski definition) is 7. The summed E-state index contributed by atoms with van der Waals surface area (Å²) in [6.45, 7) is 4.28. The molecule has 0 aromatic heterocycles. The Morgan fingerprint density at radius 2 is 2.03 bits per heavy atom. The first-order valence-electron chi connectivity index (χ1n) is 10.4. The maximum atomic E-state index is 13.2. The van der Waals surface area contributed by atoms with Gasteiger partial charge in [-0.15, -0.1) is 11.8 Å². The molecule has 4 saturated heterocycles. The molecular formula is C19H30N4O5S. The van der Waals surface area contributed by atoms with E-state index >= 15 is 0 Å². The predicted octanol–water partition coefficient (Wildman–Crippen LogP) is -1.74. The second kappa shape index (κ2) is 8.41. The summed E-state index contributed by atoms with van der Waals surface area (Å²) in [5, 5.41) is 15.3. The van der Waals surface area contributed by atoms with Crippen LogP contribution in [0.15, 0.2) is 0 Å². The van der Waals surface area contributed by atoms with E-state index in [0.717, 1.165) is 32.5 Å². The highest BCUT2D eigenvalue weighted by atomic mass is 32.2. The van der Waals surface area contributed by atoms with E-state index in [1.807, 2.05) is 0 Å². The molecule has 0 aromatic carbocycles. The number of carbonyl (C=O) groups excluding carboxylic acids is 3. The minimum atomic E-state index is -0.638. The molecule has 10 heteroatoms. The molecule has 0 aliphatic carbocycles. The summed E-state index contributed by atoms with van der Waals surface area (Å²) in [7, 11) is 1.59. The van der Waals surface area contributed by atoms with E-state index in [4.69, 9.17) is 4.74 Å². The first-order chi connectivity index (χ1) is 14.0. The number of nitrogens with zero attached hydrogens (tertiary/aromatic N) is 2. The Labute approximate surface area is 174 Å². The molecule has 3 amide bonds. The molecule has 1 spiro atoms. The van der Waals surface area contributed by atoms with Crippen LogP contribution in [-0.2, 0) is 19.1 Å². The third-order valence-corrected chi connectivity index (χ3v) is 8.72. The van der Waals surface area contributed by atoms with Crippen LogP contribution in [-0.4, -0.2) is 108 Å². The Kier molecular flexibility index (Phi) is 6.06. The van der Waals surface area contributed by atoms with Gasteiger partial charge in [0.2, 0.25) is 17.7 Å². The fraction of sp³-hybridized carbons (Fsp3) is 0.842. The number of β-amino-alcohol motifs (C(OH)–C–C–N with tert-alkyl or cyclic N) is 1. The maximum Gasteiger partial charge on any atom is 0.244 e. The number of amides is 3. The number of ether oxygens (including phenoxy) is 1. The first-order valence-corrected chi connectivity index (χ1v) is 11.3. The molecule has 4 aliphatic heterocycles. The van der Waals surface area contributed by atoms with Crippen LogP contribution in [0.25, 0.3) is 0 Å². The van der Waals surface area contributed by atoms with E-state index in [9.17, 15) is 19.5 Å². The fourth-order valence-electron chi connectivity index (χ4n) is 5.53. The second-order valence-electron chi connectivity index (χ2n) is 8.17. The highest BCUT2D eigenvalue weighted by Crippen LogP contribution is 2.66. The molecule has 9 nitrogen and oxygen atoms in total. The van der Waals surface area contributed by atoms with Gasteiger partial charge in [-0.2, -0.15) is 0 Å². The highest BCUT2D eigenvalue weighted by molar-refractivity contribution is 8.02. The molecule has 2 bridgehead atoms. The van der Waals surface area contributed by atoms with Gasteiger partial charge >= 0.3 is 0 Å². The molecule has 4 heterocycles. The van der Waals surface area contributed by atoms with Crippen molar-refractivity contribution in [3.63, 3.8) is 0 Å². The molecule has 4 aliphatic rings. The van der Waals surface area contributed by atoms with Gasteiger partial charge in [-0.1, -0.05) is 0 Å². The summed E-state index contributed by atoms with van der Waals surface area (Å²) >= 11 is 1.64. The van der Waals surface area contributed by atoms with Crippen LogP contribution < -0.4 is 10.6 Å². The summed E-state index contributed by atoms with van der Waals surface area (Å²) < 4.78 is 4.77. The van der Waals surface area contributed by atoms with E-state index < -0.39 is 22.6 Å². The maximum absolute atomic E-state index is 13.2. The average Bonchev–Trinajstić information content (AvgIpc) is 3.36. The van der Waals surface area contributed by atoms with Gasteiger partial charge in [0.05, 0.1) is 36.4 Å². The van der Waals surface area contributed by atoms with Crippen molar-refractivity contribution in [2.24, 2.45) is 11.8 Å². The minimum Gasteiger partial charge on any atom is -0.395 e. The second-order valence-corrected chi connectivity index (χ2v) is 9.77. The largest absolute Gasteiger partial charge is 0.395 e. The van der Waals surface area contributed by atoms with Crippen molar-refractivity contribution >= 4 is 29.5 Å². The van der Waals surface area contributed by atoms with Crippen LogP contribution in [0.2, 0.25) is 0 Å². The van der Waals surface area contributed by atoms with Crippen molar-refractivity contribution in [1.29, 1.82) is 0 Å². The summed E-state index contributed by atoms with van der Waals surface area (Å²) in [6, 6.07) is -0.638. The number of likely N-dealkylation sites (tertiary alicyclic amines) is 1. The Balaban J connectivity index is 1.50. The lowest BCUT2D eigenvalue weighted by molar-refractivity contribution is -0.140. The summed E-state index contributed by atoms with van der Waals surface area (Å²) in [6.07, 6.45) is 1.58. The van der Waals surface area contributed by atoms with Gasteiger partial charge in [-0.05, 0) is 12.8 Å². The van der Waals surface area contributed by atoms with E-state index in [2.05, 4.69) is 15.5 Å². The zero-order valence-electron chi connectivity index (χ0n) is 16.8. The standard InChI is InChI=1S/C19H30N4O5S/c1-20-16(25)13-12-2-3-19(29-12)14(13)18(27)23(6-9-24)15(19)17(26)21-4-5-22-7-10-28-11-8-22/h12-15,24H,2-11H2,1H3,(H,20,25)(H,21,26)/t12-,13+,14+,15?,19?/m1/s1. The SMILES string of the molecule is CNC(=O)[C@@H]1[C@H]2C(=O)N(CCO)C(C(=O)NCCN3CCOCC3)C23CC[C@H]1S3. The first kappa shape index (κ1) is 20.9. The normalized spacial score (nSPS) is 36.3. The Hall–Kier alpha value is -1.36. The lowest BCUT2D eigenvalue weighted by atomic mass is 9.71. The van der Waals surface area contributed by atoms with Crippen LogP contribution >= 0.6 is 11.8 Å². The lowest BCUT2D eigenvalue weighted by Crippen LogP contribution is -2.55. The van der Waals surface area contributed by atoms with Gasteiger partial charge < -0.3 is 25.4 Å². The number of carbonyl (C=O) groups is 3. The van der Waals surface area contributed by atoms with E-state index in [1.165, 1.54) is 4.90 Å². The van der Waals surface area contributed by atoms with Crippen molar-refractivity contribution in [2.45, 2.75) is 28.9 Å². The number of morpholine rings is 1. The smallest absolute Gasteiger partial charge is 0.244 e. The topological polar surface area (TPSA) is 111 Å². The van der Waals surface area contributed by atoms with Gasteiger partial charge in [0.25, 0.3) is 0 Å². The van der Waals surface area contributed by atoms with E-state index in [0.29, 0.717) is 19.8 Å². The monoisotopic (exact) mass is 426 g/mol. The minimum absolute atomic E-state index is 0.0730. The third kappa shape index (κ3) is 3.43. The molecule has 2 unspecified atom stereocenters. The van der Waals surface area contributed by atoms with Crippen molar-refractivity contribution in [1.82, 2.24) is 20.4 Å². The summed E-state index contributed by atoms with van der Waals surface area (Å²) in [5.41, 5.74) is 0. The average molecular weight is 427 g/mol. The molecule has 5 atom stereocenters. The molecule has 0 aromatic rings. The molecule has 0 saturated carbocycles. The van der Waals surface area contributed by atoms with Crippen LogP contribution in [0.1, 0.15) is 12.8 Å². The van der Waals surface area contributed by atoms with Crippen molar-refractivity contribution < 1.29 is 24.2 Å². The van der Waals surface area contributed by atoms with Crippen LogP contribution in [0, 0.1) is 11.8 Å². The molecule has 4 rings (SSSR count). The molecule has 3 N–H and O–H groups in total. The number of aliphatic hydroxyl groups excluding tert-OH is 1. The number of nitrogens with one attached hydrogen (secondary N) is 2. The lowest BCUT2D eigenvalue weighted by Gasteiger charge is -2.34. The van der Waals surface area contributed by atoms with Crippen LogP contribution in [0.5, 0.6) is 0 Å².